The fourth-order valence-corrected chi connectivity index (χ4v) is 19.8. The van der Waals surface area contributed by atoms with Crippen molar-refractivity contribution in [3.63, 3.8) is 0 Å². The Labute approximate surface area is 676 Å². The van der Waals surface area contributed by atoms with Gasteiger partial charge in [0.1, 0.15) is 10.4 Å². The number of nitrogens with zero attached hydrogens (tertiary/aromatic N) is 10. The predicted octanol–water partition coefficient (Wildman–Crippen LogP) is 27.7. The highest BCUT2D eigenvalue weighted by atomic mass is 32.1. The fourth-order valence-electron chi connectivity index (χ4n) is 18.6. The van der Waals surface area contributed by atoms with Gasteiger partial charge in [-0.15, -0.1) is 11.3 Å². The number of para-hydroxylation sites is 4. The second kappa shape index (κ2) is 25.9. The minimum Gasteiger partial charge on any atom is -0.437 e. The second-order valence-corrected chi connectivity index (χ2v) is 31.5. The third-order valence-electron chi connectivity index (χ3n) is 24.0. The lowest BCUT2D eigenvalue weighted by Crippen LogP contribution is -2.02. The third kappa shape index (κ3) is 10.1. The van der Waals surface area contributed by atoms with E-state index in [-0.39, 0.29) is 0 Å². The van der Waals surface area contributed by atoms with Crippen LogP contribution in [0.1, 0.15) is 0 Å². The maximum Gasteiger partial charge on any atom is 0.233 e. The van der Waals surface area contributed by atoms with Crippen molar-refractivity contribution in [3.05, 3.63) is 377 Å². The van der Waals surface area contributed by atoms with E-state index < -0.39 is 0 Å². The number of hydrogen-bond acceptors (Lipinski definition) is 8. The number of benzene rings is 16. The molecule has 0 saturated heterocycles. The number of thiophene rings is 1. The summed E-state index contributed by atoms with van der Waals surface area (Å²) in [6.07, 6.45) is 5.52. The standard InChI is InChI=1S/C53H31N5O.C53H31N5S/c1-2-15-37(16-3-1)57-44-20-9-8-18-39(44)40-24-22-36(30-46(40)57)51-55-52(50-41-25-21-35(43-19-10-11-27-54-43)31-48(41)59-53(50)56-51)58-45-26-23-32-12-6-7-17-38(32)49(45)42-28-33-13-4-5-14-34(33)29-47(42)58;1-2-13-38(14-3-1)57-44-17-9-8-16-40(44)41-21-19-37(30-46(41)57)51-55-52(50-42-22-18-36(32-24-26-54-27-25-32)31-48(42)59-53(50)56-51)58-45-23-20-33-10-6-7-15-39(33)49(45)43-28-34-11-4-5-12-35(34)29-47(43)58/h2*1-31H. The van der Waals surface area contributed by atoms with E-state index in [1.807, 2.05) is 36.8 Å². The zero-order chi connectivity index (χ0) is 77.2. The second-order valence-electron chi connectivity index (χ2n) is 30.5. The van der Waals surface area contributed by atoms with Crippen LogP contribution in [0.25, 0.3) is 241 Å². The first-order valence-electron chi connectivity index (χ1n) is 39.7. The van der Waals surface area contributed by atoms with Gasteiger partial charge in [-0.1, -0.05) is 231 Å². The van der Waals surface area contributed by atoms with Crippen molar-refractivity contribution in [2.24, 2.45) is 0 Å². The highest BCUT2D eigenvalue weighted by Gasteiger charge is 2.28. The van der Waals surface area contributed by atoms with Gasteiger partial charge in [-0.25, -0.2) is 15.0 Å². The van der Waals surface area contributed by atoms with Crippen LogP contribution in [0.3, 0.4) is 0 Å². The normalized spacial score (nSPS) is 12.1. The molecule has 0 aliphatic carbocycles. The van der Waals surface area contributed by atoms with Crippen molar-refractivity contribution < 1.29 is 4.42 Å². The summed E-state index contributed by atoms with van der Waals surface area (Å²) in [5.41, 5.74) is 18.4. The van der Waals surface area contributed by atoms with Gasteiger partial charge in [0.25, 0.3) is 0 Å². The van der Waals surface area contributed by atoms with E-state index in [4.69, 9.17) is 24.4 Å². The lowest BCUT2D eigenvalue weighted by Gasteiger charge is -2.13. The monoisotopic (exact) mass is 1520 g/mol. The van der Waals surface area contributed by atoms with Crippen LogP contribution >= 0.6 is 11.3 Å². The van der Waals surface area contributed by atoms with E-state index in [1.54, 1.807) is 11.3 Å². The molecule has 0 radical (unpaired) electrons. The van der Waals surface area contributed by atoms with E-state index in [0.717, 1.165) is 132 Å². The number of aromatic nitrogens is 10. The highest BCUT2D eigenvalue weighted by Crippen LogP contribution is 2.48. The van der Waals surface area contributed by atoms with Crippen LogP contribution in [-0.2, 0) is 0 Å². The molecule has 548 valence electrons. The number of rotatable bonds is 8. The molecule has 12 heteroatoms. The SMILES string of the molecule is c1ccc(-n2c3ccccc3c3ccc(-c4nc(-n5c6cc7ccccc7cc6c6c7ccccc7ccc65)c5c(n4)oc4cc(-c6ccccn6)ccc45)cc32)cc1.c1ccc(-n2c3ccccc3c3ccc(-c4nc(-n5c6cc7ccccc7cc6c6c7ccccc7ccc65)c5c(n4)sc4cc(-c6ccncc6)ccc45)cc32)cc1. The fraction of sp³-hybridized carbons (Fsp3) is 0. The van der Waals surface area contributed by atoms with Gasteiger partial charge in [-0.3, -0.25) is 19.1 Å². The lowest BCUT2D eigenvalue weighted by molar-refractivity contribution is 0.653. The van der Waals surface area contributed by atoms with Gasteiger partial charge in [0, 0.05) is 105 Å². The summed E-state index contributed by atoms with van der Waals surface area (Å²) in [6, 6.07) is 128. The van der Waals surface area contributed by atoms with Crippen molar-refractivity contribution in [2.45, 2.75) is 0 Å². The molecule has 0 aliphatic heterocycles. The average molecular weight is 1520 g/mol. The van der Waals surface area contributed by atoms with Crippen LogP contribution in [0.5, 0.6) is 0 Å². The Morgan fingerprint density at radius 1 is 0.246 bits per heavy atom. The van der Waals surface area contributed by atoms with Crippen LogP contribution in [0.2, 0.25) is 0 Å². The molecule has 0 fully saturated rings. The summed E-state index contributed by atoms with van der Waals surface area (Å²) in [5.74, 6) is 2.92. The molecule has 11 nitrogen and oxygen atoms in total. The van der Waals surface area contributed by atoms with Gasteiger partial charge in [0.05, 0.1) is 60.6 Å². The third-order valence-corrected chi connectivity index (χ3v) is 25.0. The van der Waals surface area contributed by atoms with Gasteiger partial charge < -0.3 is 13.6 Å². The average Bonchev–Trinajstić information content (AvgIpc) is 1.55. The molecule has 16 aromatic carbocycles. The number of hydrogen-bond donors (Lipinski definition) is 0. The number of pyridine rings is 2. The molecule has 26 rings (SSSR count). The van der Waals surface area contributed by atoms with Gasteiger partial charge in [-0.2, -0.15) is 4.98 Å². The van der Waals surface area contributed by atoms with Crippen LogP contribution in [0.15, 0.2) is 381 Å². The number of furan rings is 1. The van der Waals surface area contributed by atoms with E-state index >= 15 is 0 Å². The van der Waals surface area contributed by atoms with Gasteiger partial charge in [-0.05, 0) is 182 Å². The summed E-state index contributed by atoms with van der Waals surface area (Å²) in [7, 11) is 0. The Bertz CT molecular complexity index is 8190. The highest BCUT2D eigenvalue weighted by molar-refractivity contribution is 7.25. The Morgan fingerprint density at radius 2 is 0.703 bits per heavy atom. The molecule has 0 bridgehead atoms. The van der Waals surface area contributed by atoms with Crippen LogP contribution in [-0.4, -0.2) is 48.2 Å². The molecular weight excluding hydrogens is 1460 g/mol. The zero-order valence-electron chi connectivity index (χ0n) is 63.1. The first-order valence-corrected chi connectivity index (χ1v) is 40.5. The number of fused-ring (bicyclic) bond motifs is 24. The van der Waals surface area contributed by atoms with Crippen molar-refractivity contribution in [3.8, 4) is 68.2 Å². The Kier molecular flexibility index (Phi) is 14.4. The van der Waals surface area contributed by atoms with Crippen molar-refractivity contribution in [1.29, 1.82) is 0 Å². The zero-order valence-corrected chi connectivity index (χ0v) is 63.9. The van der Waals surface area contributed by atoms with Gasteiger partial charge in [0.2, 0.25) is 5.71 Å². The molecule has 0 spiro atoms. The Balaban J connectivity index is 0.000000131. The Hall–Kier alpha value is -15.8. The minimum atomic E-state index is 0.526. The molecule has 10 heterocycles. The smallest absolute Gasteiger partial charge is 0.233 e. The van der Waals surface area contributed by atoms with Crippen molar-refractivity contribution in [1.82, 2.24) is 48.2 Å². The van der Waals surface area contributed by atoms with Crippen molar-refractivity contribution in [2.75, 3.05) is 0 Å². The summed E-state index contributed by atoms with van der Waals surface area (Å²) in [6.45, 7) is 0. The van der Waals surface area contributed by atoms with E-state index in [9.17, 15) is 0 Å². The summed E-state index contributed by atoms with van der Waals surface area (Å²) < 4.78 is 17.4. The molecule has 0 aliphatic rings. The summed E-state index contributed by atoms with van der Waals surface area (Å²) in [4.78, 5) is 31.9. The minimum absolute atomic E-state index is 0.526. The first kappa shape index (κ1) is 65.8. The molecule has 0 saturated carbocycles. The molecule has 0 N–H and O–H groups in total. The molecule has 26 aromatic rings. The van der Waals surface area contributed by atoms with E-state index in [2.05, 4.69) is 368 Å². The van der Waals surface area contributed by atoms with Crippen LogP contribution in [0.4, 0.5) is 0 Å². The maximum absolute atomic E-state index is 6.81. The van der Waals surface area contributed by atoms with Gasteiger partial charge in [0.15, 0.2) is 23.3 Å². The summed E-state index contributed by atoms with van der Waals surface area (Å²) in [5, 5.41) is 23.2. The first-order chi connectivity index (χ1) is 58.5. The Morgan fingerprint density at radius 3 is 1.27 bits per heavy atom. The molecule has 0 unspecified atom stereocenters. The van der Waals surface area contributed by atoms with Crippen LogP contribution in [0, 0.1) is 0 Å². The molecule has 10 aromatic heterocycles. The van der Waals surface area contributed by atoms with E-state index in [0.29, 0.717) is 17.4 Å². The van der Waals surface area contributed by atoms with Crippen LogP contribution < -0.4 is 0 Å². The molecule has 0 atom stereocenters. The topological polar surface area (TPSA) is 110 Å². The summed E-state index contributed by atoms with van der Waals surface area (Å²) >= 11 is 1.73. The molecular formula is C106H62N10OS. The molecule has 118 heavy (non-hydrogen) atoms. The van der Waals surface area contributed by atoms with E-state index in [1.165, 1.54) is 91.0 Å². The van der Waals surface area contributed by atoms with Crippen molar-refractivity contribution >= 4 is 184 Å². The lowest BCUT2D eigenvalue weighted by atomic mass is 10.0. The van der Waals surface area contributed by atoms with Gasteiger partial charge >= 0.3 is 0 Å². The quantitative estimate of drug-likeness (QED) is 0.149. The maximum atomic E-state index is 6.81. The largest absolute Gasteiger partial charge is 0.437 e. The molecule has 0 amide bonds. The predicted molar refractivity (Wildman–Crippen MR) is 489 cm³/mol.